The Morgan fingerprint density at radius 1 is 1.33 bits per heavy atom. The normalized spacial score (nSPS) is 26.1. The van der Waals surface area contributed by atoms with Crippen LogP contribution in [0.2, 0.25) is 0 Å². The molecule has 1 rings (SSSR count). The van der Waals surface area contributed by atoms with Crippen molar-refractivity contribution in [2.45, 2.75) is 57.5 Å². The van der Waals surface area contributed by atoms with Crippen LogP contribution < -0.4 is 11.1 Å². The fraction of sp³-hybridized carbons (Fsp3) is 0.929. The van der Waals surface area contributed by atoms with Crippen LogP contribution in [0.15, 0.2) is 0 Å². The number of carbonyl (C=O) groups is 1. The lowest BCUT2D eigenvalue weighted by Crippen LogP contribution is -2.36. The highest BCUT2D eigenvalue weighted by molar-refractivity contribution is 5.76. The summed E-state index contributed by atoms with van der Waals surface area (Å²) in [5.41, 5.74) is 5.87. The molecule has 0 radical (unpaired) electrons. The highest BCUT2D eigenvalue weighted by Crippen LogP contribution is 2.25. The van der Waals surface area contributed by atoms with Crippen LogP contribution in [-0.4, -0.2) is 43.5 Å². The molecule has 1 aliphatic rings. The van der Waals surface area contributed by atoms with Gasteiger partial charge in [-0.3, -0.25) is 4.79 Å². The van der Waals surface area contributed by atoms with E-state index >= 15 is 0 Å². The summed E-state index contributed by atoms with van der Waals surface area (Å²) in [6.07, 6.45) is 6.07. The number of nitrogens with two attached hydrogens (primary N) is 1. The zero-order valence-corrected chi connectivity index (χ0v) is 12.1. The molecule has 1 unspecified atom stereocenters. The predicted octanol–water partition coefficient (Wildman–Crippen LogP) is 1.35. The van der Waals surface area contributed by atoms with Crippen molar-refractivity contribution in [3.8, 4) is 0 Å². The molecule has 1 fully saturated rings. The van der Waals surface area contributed by atoms with Crippen LogP contribution in [0, 0.1) is 5.92 Å². The molecule has 4 nitrogen and oxygen atoms in total. The highest BCUT2D eigenvalue weighted by atomic mass is 16.1. The van der Waals surface area contributed by atoms with E-state index in [0.29, 0.717) is 18.4 Å². The highest BCUT2D eigenvalue weighted by Gasteiger charge is 2.21. The average molecular weight is 255 g/mol. The fourth-order valence-corrected chi connectivity index (χ4v) is 2.51. The van der Waals surface area contributed by atoms with Gasteiger partial charge in [-0.2, -0.15) is 0 Å². The molecule has 0 saturated heterocycles. The molecular formula is C14H29N3O. The average Bonchev–Trinajstić information content (AvgIpc) is 2.29. The van der Waals surface area contributed by atoms with Gasteiger partial charge in [-0.05, 0) is 65.6 Å². The maximum Gasteiger partial charge on any atom is 0.220 e. The maximum absolute atomic E-state index is 11.9. The lowest BCUT2D eigenvalue weighted by molar-refractivity contribution is -0.122. The van der Waals surface area contributed by atoms with Gasteiger partial charge in [0, 0.05) is 18.5 Å². The molecule has 0 spiro atoms. The van der Waals surface area contributed by atoms with Crippen molar-refractivity contribution in [2.24, 2.45) is 11.7 Å². The molecular weight excluding hydrogens is 226 g/mol. The van der Waals surface area contributed by atoms with Gasteiger partial charge < -0.3 is 16.0 Å². The van der Waals surface area contributed by atoms with Gasteiger partial charge in [0.2, 0.25) is 5.91 Å². The Morgan fingerprint density at radius 2 is 1.94 bits per heavy atom. The van der Waals surface area contributed by atoms with Crippen molar-refractivity contribution >= 4 is 5.91 Å². The summed E-state index contributed by atoms with van der Waals surface area (Å²) in [5.74, 6) is 0.757. The van der Waals surface area contributed by atoms with E-state index < -0.39 is 0 Å². The van der Waals surface area contributed by atoms with E-state index in [4.69, 9.17) is 5.73 Å². The number of nitrogens with zero attached hydrogens (tertiary/aromatic N) is 1. The van der Waals surface area contributed by atoms with E-state index in [-0.39, 0.29) is 11.9 Å². The fourth-order valence-electron chi connectivity index (χ4n) is 2.51. The first kappa shape index (κ1) is 15.4. The first-order valence-electron chi connectivity index (χ1n) is 7.17. The number of nitrogens with one attached hydrogen (secondary N) is 1. The molecule has 18 heavy (non-hydrogen) atoms. The van der Waals surface area contributed by atoms with E-state index in [1.165, 1.54) is 0 Å². The third-order valence-electron chi connectivity index (χ3n) is 3.78. The van der Waals surface area contributed by atoms with Gasteiger partial charge >= 0.3 is 0 Å². The van der Waals surface area contributed by atoms with Crippen molar-refractivity contribution in [1.82, 2.24) is 10.2 Å². The number of hydrogen-bond acceptors (Lipinski definition) is 3. The van der Waals surface area contributed by atoms with Gasteiger partial charge in [-0.1, -0.05) is 0 Å². The Bertz CT molecular complexity index is 247. The minimum absolute atomic E-state index is 0.210. The van der Waals surface area contributed by atoms with Gasteiger partial charge in [0.25, 0.3) is 0 Å². The summed E-state index contributed by atoms with van der Waals surface area (Å²) in [6, 6.07) is 0.633. The Morgan fingerprint density at radius 3 is 2.50 bits per heavy atom. The lowest BCUT2D eigenvalue weighted by atomic mass is 9.84. The van der Waals surface area contributed by atoms with Crippen LogP contribution in [0.1, 0.15) is 45.4 Å². The maximum atomic E-state index is 11.9. The summed E-state index contributed by atoms with van der Waals surface area (Å²) < 4.78 is 0. The molecule has 0 heterocycles. The van der Waals surface area contributed by atoms with Gasteiger partial charge in [-0.15, -0.1) is 0 Å². The predicted molar refractivity (Wildman–Crippen MR) is 75.3 cm³/mol. The number of amides is 1. The van der Waals surface area contributed by atoms with Crippen LogP contribution >= 0.6 is 0 Å². The van der Waals surface area contributed by atoms with E-state index in [0.717, 1.165) is 38.6 Å². The first-order valence-corrected chi connectivity index (χ1v) is 7.17. The molecule has 0 aromatic heterocycles. The van der Waals surface area contributed by atoms with Crippen molar-refractivity contribution in [2.75, 3.05) is 20.6 Å². The minimum atomic E-state index is 0.210. The van der Waals surface area contributed by atoms with E-state index in [2.05, 4.69) is 31.2 Å². The summed E-state index contributed by atoms with van der Waals surface area (Å²) in [7, 11) is 4.11. The topological polar surface area (TPSA) is 58.4 Å². The molecule has 4 heteroatoms. The molecule has 0 bridgehead atoms. The Balaban J connectivity index is 2.16. The van der Waals surface area contributed by atoms with Crippen LogP contribution in [0.3, 0.4) is 0 Å². The van der Waals surface area contributed by atoms with Gasteiger partial charge in [0.15, 0.2) is 0 Å². The molecule has 1 atom stereocenters. The Kier molecular flexibility index (Phi) is 6.65. The SMILES string of the molecule is CC(CCN(C)C)NC(=O)CC1CCC(N)CC1. The molecule has 3 N–H and O–H groups in total. The third kappa shape index (κ3) is 6.36. The van der Waals surface area contributed by atoms with Crippen LogP contribution in [0.4, 0.5) is 0 Å². The zero-order valence-electron chi connectivity index (χ0n) is 12.1. The number of carbonyl (C=O) groups excluding carboxylic acids is 1. The van der Waals surface area contributed by atoms with E-state index in [9.17, 15) is 4.79 Å². The van der Waals surface area contributed by atoms with Crippen molar-refractivity contribution < 1.29 is 4.79 Å². The van der Waals surface area contributed by atoms with E-state index in [1.807, 2.05) is 0 Å². The first-order chi connectivity index (χ1) is 8.47. The smallest absolute Gasteiger partial charge is 0.220 e. The van der Waals surface area contributed by atoms with Gasteiger partial charge in [0.1, 0.15) is 0 Å². The molecule has 106 valence electrons. The van der Waals surface area contributed by atoms with Crippen LogP contribution in [0.5, 0.6) is 0 Å². The minimum Gasteiger partial charge on any atom is -0.354 e. The van der Waals surface area contributed by atoms with Crippen LogP contribution in [0.25, 0.3) is 0 Å². The summed E-state index contributed by atoms with van der Waals surface area (Å²) in [5, 5.41) is 3.10. The summed E-state index contributed by atoms with van der Waals surface area (Å²) in [6.45, 7) is 3.10. The van der Waals surface area contributed by atoms with Crippen LogP contribution in [-0.2, 0) is 4.79 Å². The molecule has 0 aliphatic heterocycles. The molecule has 0 aromatic rings. The van der Waals surface area contributed by atoms with Crippen molar-refractivity contribution in [3.63, 3.8) is 0 Å². The number of rotatable bonds is 6. The largest absolute Gasteiger partial charge is 0.354 e. The molecule has 1 saturated carbocycles. The second-order valence-electron chi connectivity index (χ2n) is 6.05. The summed E-state index contributed by atoms with van der Waals surface area (Å²) in [4.78, 5) is 14.0. The lowest BCUT2D eigenvalue weighted by Gasteiger charge is -2.26. The quantitative estimate of drug-likeness (QED) is 0.753. The molecule has 1 amide bonds. The Hall–Kier alpha value is -0.610. The second-order valence-corrected chi connectivity index (χ2v) is 6.05. The van der Waals surface area contributed by atoms with Gasteiger partial charge in [-0.25, -0.2) is 0 Å². The van der Waals surface area contributed by atoms with Crippen molar-refractivity contribution in [3.05, 3.63) is 0 Å². The van der Waals surface area contributed by atoms with E-state index in [1.54, 1.807) is 0 Å². The van der Waals surface area contributed by atoms with Gasteiger partial charge in [0.05, 0.1) is 0 Å². The summed E-state index contributed by atoms with van der Waals surface area (Å²) >= 11 is 0. The second kappa shape index (κ2) is 7.74. The number of hydrogen-bond donors (Lipinski definition) is 2. The standard InChI is InChI=1S/C14H29N3O/c1-11(8-9-17(2)3)16-14(18)10-12-4-6-13(15)7-5-12/h11-13H,4-10,15H2,1-3H3,(H,16,18). The molecule has 0 aromatic carbocycles. The monoisotopic (exact) mass is 255 g/mol. The molecule has 1 aliphatic carbocycles. The third-order valence-corrected chi connectivity index (χ3v) is 3.78. The van der Waals surface area contributed by atoms with Crippen molar-refractivity contribution in [1.29, 1.82) is 0 Å². The Labute approximate surface area is 111 Å². The zero-order chi connectivity index (χ0) is 13.5.